The maximum Gasteiger partial charge on any atom is 0.0672 e. The number of aromatic nitrogens is 1. The molecule has 1 heterocycles. The molecule has 90 valence electrons. The lowest BCUT2D eigenvalue weighted by molar-refractivity contribution is 0.187. The van der Waals surface area contributed by atoms with Gasteiger partial charge in [0.15, 0.2) is 0 Å². The second-order valence-electron chi connectivity index (χ2n) is 3.99. The van der Waals surface area contributed by atoms with E-state index in [0.29, 0.717) is 6.61 Å². The van der Waals surface area contributed by atoms with Crippen molar-refractivity contribution in [1.29, 1.82) is 0 Å². The van der Waals surface area contributed by atoms with Crippen molar-refractivity contribution in [2.75, 3.05) is 13.7 Å². The van der Waals surface area contributed by atoms with E-state index < -0.39 is 0 Å². The van der Waals surface area contributed by atoms with Crippen LogP contribution in [0.3, 0.4) is 0 Å². The van der Waals surface area contributed by atoms with Crippen molar-refractivity contribution in [2.24, 2.45) is 0 Å². The maximum atomic E-state index is 6.30. The Morgan fingerprint density at radius 1 is 1.24 bits per heavy atom. The van der Waals surface area contributed by atoms with Crippen molar-refractivity contribution < 1.29 is 4.74 Å². The minimum atomic E-state index is 0.686. The van der Waals surface area contributed by atoms with Crippen molar-refractivity contribution in [3.63, 3.8) is 0 Å². The largest absolute Gasteiger partial charge is 0.383 e. The highest BCUT2D eigenvalue weighted by Crippen LogP contribution is 2.31. The third-order valence-electron chi connectivity index (χ3n) is 2.82. The van der Waals surface area contributed by atoms with Gasteiger partial charge >= 0.3 is 0 Å². The molecule has 0 saturated heterocycles. The zero-order valence-electron chi connectivity index (χ0n) is 10.1. The number of hydrogen-bond acceptors (Lipinski definition) is 1. The summed E-state index contributed by atoms with van der Waals surface area (Å²) < 4.78 is 7.33. The number of halogens is 1. The van der Waals surface area contributed by atoms with Gasteiger partial charge < -0.3 is 9.30 Å². The van der Waals surface area contributed by atoms with Gasteiger partial charge in [-0.25, -0.2) is 0 Å². The van der Waals surface area contributed by atoms with E-state index in [1.807, 2.05) is 24.3 Å². The number of nitrogens with zero attached hydrogens (tertiary/aromatic N) is 1. The van der Waals surface area contributed by atoms with Crippen LogP contribution in [0.2, 0.25) is 5.02 Å². The molecule has 0 unspecified atom stereocenters. The number of benzene rings is 1. The molecule has 0 aliphatic heterocycles. The second kappa shape index (κ2) is 5.39. The van der Waals surface area contributed by atoms with Crippen LogP contribution in [0.15, 0.2) is 36.4 Å². The van der Waals surface area contributed by atoms with Gasteiger partial charge in [0.25, 0.3) is 0 Å². The standard InChI is InChI=1S/C14H16ClNO/c1-11-10-13(15)14(16(11)8-9-17-2)12-6-4-3-5-7-12/h3-7,10H,8-9H2,1-2H3. The van der Waals surface area contributed by atoms with Crippen LogP contribution in [-0.4, -0.2) is 18.3 Å². The molecule has 0 bridgehead atoms. The molecule has 0 aliphatic carbocycles. The predicted molar refractivity (Wildman–Crippen MR) is 71.5 cm³/mol. The van der Waals surface area contributed by atoms with Gasteiger partial charge in [0.05, 0.1) is 17.3 Å². The van der Waals surface area contributed by atoms with Crippen LogP contribution in [0.4, 0.5) is 0 Å². The van der Waals surface area contributed by atoms with Crippen LogP contribution in [0, 0.1) is 6.92 Å². The van der Waals surface area contributed by atoms with Gasteiger partial charge in [0, 0.05) is 19.3 Å². The topological polar surface area (TPSA) is 14.2 Å². The van der Waals surface area contributed by atoms with Crippen LogP contribution >= 0.6 is 11.6 Å². The molecule has 0 spiro atoms. The lowest BCUT2D eigenvalue weighted by atomic mass is 10.1. The van der Waals surface area contributed by atoms with Crippen LogP contribution < -0.4 is 0 Å². The van der Waals surface area contributed by atoms with Crippen molar-refractivity contribution in [2.45, 2.75) is 13.5 Å². The summed E-state index contributed by atoms with van der Waals surface area (Å²) in [4.78, 5) is 0. The molecule has 0 fully saturated rings. The first-order chi connectivity index (χ1) is 8.24. The molecular formula is C14H16ClNO. The highest BCUT2D eigenvalue weighted by atomic mass is 35.5. The Morgan fingerprint density at radius 3 is 2.59 bits per heavy atom. The number of hydrogen-bond donors (Lipinski definition) is 0. The lowest BCUT2D eigenvalue weighted by Crippen LogP contribution is -2.07. The Kier molecular flexibility index (Phi) is 3.87. The van der Waals surface area contributed by atoms with E-state index in [1.165, 1.54) is 0 Å². The molecule has 0 N–H and O–H groups in total. The summed E-state index contributed by atoms with van der Waals surface area (Å²) in [5.74, 6) is 0. The molecule has 0 saturated carbocycles. The summed E-state index contributed by atoms with van der Waals surface area (Å²) in [5.41, 5.74) is 3.37. The molecule has 2 nitrogen and oxygen atoms in total. The van der Waals surface area contributed by atoms with Crippen molar-refractivity contribution in [3.8, 4) is 11.3 Å². The van der Waals surface area contributed by atoms with E-state index >= 15 is 0 Å². The summed E-state index contributed by atoms with van der Waals surface area (Å²) in [6, 6.07) is 12.2. The first kappa shape index (κ1) is 12.2. The Bertz CT molecular complexity index is 490. The molecule has 0 amide bonds. The summed E-state index contributed by atoms with van der Waals surface area (Å²) in [6.45, 7) is 3.57. The smallest absolute Gasteiger partial charge is 0.0672 e. The fourth-order valence-corrected chi connectivity index (χ4v) is 2.36. The minimum absolute atomic E-state index is 0.686. The molecular weight excluding hydrogens is 234 g/mol. The fourth-order valence-electron chi connectivity index (χ4n) is 2.00. The number of methoxy groups -OCH3 is 1. The van der Waals surface area contributed by atoms with Gasteiger partial charge in [-0.1, -0.05) is 41.9 Å². The maximum absolute atomic E-state index is 6.30. The summed E-state index contributed by atoms with van der Waals surface area (Å²) in [5, 5.41) is 0.796. The molecule has 0 radical (unpaired) electrons. The SMILES string of the molecule is COCCn1c(C)cc(Cl)c1-c1ccccc1. The predicted octanol–water partition coefficient (Wildman–Crippen LogP) is 3.76. The Hall–Kier alpha value is -1.25. The number of aryl methyl sites for hydroxylation is 1. The molecule has 1 aromatic carbocycles. The average molecular weight is 250 g/mol. The first-order valence-electron chi connectivity index (χ1n) is 5.64. The van der Waals surface area contributed by atoms with Gasteiger partial charge in [-0.15, -0.1) is 0 Å². The molecule has 17 heavy (non-hydrogen) atoms. The van der Waals surface area contributed by atoms with Crippen LogP contribution in [-0.2, 0) is 11.3 Å². The highest BCUT2D eigenvalue weighted by Gasteiger charge is 2.12. The Balaban J connectivity index is 2.45. The summed E-state index contributed by atoms with van der Waals surface area (Å²) in [7, 11) is 1.71. The van der Waals surface area contributed by atoms with E-state index in [0.717, 1.165) is 28.5 Å². The number of rotatable bonds is 4. The van der Waals surface area contributed by atoms with Gasteiger partial charge in [0.1, 0.15) is 0 Å². The Morgan fingerprint density at radius 2 is 1.94 bits per heavy atom. The monoisotopic (exact) mass is 249 g/mol. The molecule has 0 aliphatic rings. The zero-order valence-corrected chi connectivity index (χ0v) is 10.9. The van der Waals surface area contributed by atoms with E-state index in [9.17, 15) is 0 Å². The van der Waals surface area contributed by atoms with Gasteiger partial charge in [0.2, 0.25) is 0 Å². The van der Waals surface area contributed by atoms with Gasteiger partial charge in [-0.05, 0) is 18.6 Å². The van der Waals surface area contributed by atoms with Crippen LogP contribution in [0.5, 0.6) is 0 Å². The van der Waals surface area contributed by atoms with E-state index in [4.69, 9.17) is 16.3 Å². The number of ether oxygens (including phenoxy) is 1. The van der Waals surface area contributed by atoms with E-state index in [2.05, 4.69) is 23.6 Å². The molecule has 2 aromatic rings. The van der Waals surface area contributed by atoms with Crippen LogP contribution in [0.25, 0.3) is 11.3 Å². The second-order valence-corrected chi connectivity index (χ2v) is 4.40. The van der Waals surface area contributed by atoms with Crippen molar-refractivity contribution in [1.82, 2.24) is 4.57 Å². The lowest BCUT2D eigenvalue weighted by Gasteiger charge is -2.11. The van der Waals surface area contributed by atoms with Crippen molar-refractivity contribution >= 4 is 11.6 Å². The van der Waals surface area contributed by atoms with E-state index in [-0.39, 0.29) is 0 Å². The van der Waals surface area contributed by atoms with Gasteiger partial charge in [-0.2, -0.15) is 0 Å². The average Bonchev–Trinajstić information content (AvgIpc) is 2.62. The fraction of sp³-hybridized carbons (Fsp3) is 0.286. The molecule has 0 atom stereocenters. The van der Waals surface area contributed by atoms with Gasteiger partial charge in [-0.3, -0.25) is 0 Å². The minimum Gasteiger partial charge on any atom is -0.383 e. The quantitative estimate of drug-likeness (QED) is 0.805. The summed E-state index contributed by atoms with van der Waals surface area (Å²) in [6.07, 6.45) is 0. The third kappa shape index (κ3) is 2.54. The molecule has 1 aromatic heterocycles. The normalized spacial score (nSPS) is 10.8. The van der Waals surface area contributed by atoms with E-state index in [1.54, 1.807) is 7.11 Å². The third-order valence-corrected chi connectivity index (χ3v) is 3.11. The first-order valence-corrected chi connectivity index (χ1v) is 6.02. The zero-order chi connectivity index (χ0) is 12.3. The summed E-state index contributed by atoms with van der Waals surface area (Å²) >= 11 is 6.30. The highest BCUT2D eigenvalue weighted by molar-refractivity contribution is 6.33. The van der Waals surface area contributed by atoms with Crippen LogP contribution in [0.1, 0.15) is 5.69 Å². The Labute approximate surface area is 107 Å². The molecule has 3 heteroatoms. The molecule has 2 rings (SSSR count). The van der Waals surface area contributed by atoms with Crippen molar-refractivity contribution in [3.05, 3.63) is 47.1 Å².